The van der Waals surface area contributed by atoms with E-state index in [1.165, 1.54) is 0 Å². The van der Waals surface area contributed by atoms with Gasteiger partial charge in [0.25, 0.3) is 5.91 Å². The van der Waals surface area contributed by atoms with E-state index in [1.54, 1.807) is 24.3 Å². The van der Waals surface area contributed by atoms with Crippen molar-refractivity contribution < 1.29 is 17.6 Å². The summed E-state index contributed by atoms with van der Waals surface area (Å²) in [5.41, 5.74) is 1.61. The van der Waals surface area contributed by atoms with Crippen LogP contribution in [0.4, 0.5) is 5.69 Å². The molecule has 1 atom stereocenters. The second-order valence-corrected chi connectivity index (χ2v) is 7.58. The molecule has 0 saturated carbocycles. The van der Waals surface area contributed by atoms with Crippen molar-refractivity contribution in [2.45, 2.75) is 13.0 Å². The molecule has 0 aliphatic carbocycles. The molecule has 25 heavy (non-hydrogen) atoms. The number of hydrogen-bond donors (Lipinski definition) is 2. The molecule has 0 spiro atoms. The zero-order valence-corrected chi connectivity index (χ0v) is 14.6. The predicted molar refractivity (Wildman–Crippen MR) is 97.0 cm³/mol. The maximum Gasteiger partial charge on any atom is 0.251 e. The van der Waals surface area contributed by atoms with Crippen LogP contribution < -0.4 is 10.0 Å². The van der Waals surface area contributed by atoms with Gasteiger partial charge in [-0.25, -0.2) is 8.42 Å². The Bertz CT molecular complexity index is 974. The zero-order chi connectivity index (χ0) is 18.0. The summed E-state index contributed by atoms with van der Waals surface area (Å²) in [6.45, 7) is 1.84. The number of furan rings is 1. The average molecular weight is 358 g/mol. The van der Waals surface area contributed by atoms with Crippen LogP contribution in [0, 0.1) is 0 Å². The van der Waals surface area contributed by atoms with Gasteiger partial charge in [-0.1, -0.05) is 18.2 Å². The van der Waals surface area contributed by atoms with E-state index in [0.717, 1.165) is 17.2 Å². The van der Waals surface area contributed by atoms with Crippen LogP contribution in [0.3, 0.4) is 0 Å². The van der Waals surface area contributed by atoms with Crippen molar-refractivity contribution in [2.75, 3.05) is 11.0 Å². The number of benzene rings is 2. The molecule has 2 N–H and O–H groups in total. The van der Waals surface area contributed by atoms with Crippen LogP contribution in [-0.4, -0.2) is 20.6 Å². The van der Waals surface area contributed by atoms with Crippen LogP contribution >= 0.6 is 0 Å². The van der Waals surface area contributed by atoms with Crippen molar-refractivity contribution in [3.63, 3.8) is 0 Å². The summed E-state index contributed by atoms with van der Waals surface area (Å²) in [5.74, 6) is 0.406. The lowest BCUT2D eigenvalue weighted by atomic mass is 10.1. The lowest BCUT2D eigenvalue weighted by molar-refractivity contribution is 0.0935. The fourth-order valence-corrected chi connectivity index (χ4v) is 3.03. The number of para-hydroxylation sites is 1. The van der Waals surface area contributed by atoms with Crippen molar-refractivity contribution in [1.82, 2.24) is 5.32 Å². The number of hydrogen-bond acceptors (Lipinski definition) is 4. The number of anilines is 1. The van der Waals surface area contributed by atoms with Gasteiger partial charge in [0.1, 0.15) is 11.3 Å². The molecular formula is C18H18N2O4S. The maximum absolute atomic E-state index is 12.3. The van der Waals surface area contributed by atoms with Gasteiger partial charge in [0.2, 0.25) is 10.0 Å². The lowest BCUT2D eigenvalue weighted by Gasteiger charge is -2.12. The van der Waals surface area contributed by atoms with Crippen LogP contribution in [0.25, 0.3) is 11.0 Å². The molecule has 3 rings (SSSR count). The molecule has 1 amide bonds. The number of rotatable bonds is 5. The smallest absolute Gasteiger partial charge is 0.251 e. The highest BCUT2D eigenvalue weighted by Gasteiger charge is 2.15. The second-order valence-electron chi connectivity index (χ2n) is 5.83. The molecule has 0 fully saturated rings. The lowest BCUT2D eigenvalue weighted by Crippen LogP contribution is -2.26. The summed E-state index contributed by atoms with van der Waals surface area (Å²) < 4.78 is 30.5. The Balaban J connectivity index is 1.70. The van der Waals surface area contributed by atoms with Gasteiger partial charge in [-0.3, -0.25) is 9.52 Å². The largest absolute Gasteiger partial charge is 0.459 e. The van der Waals surface area contributed by atoms with Gasteiger partial charge in [0.05, 0.1) is 12.3 Å². The van der Waals surface area contributed by atoms with Crippen LogP contribution in [-0.2, 0) is 10.0 Å². The molecule has 0 unspecified atom stereocenters. The Labute approximate surface area is 145 Å². The standard InChI is InChI=1S/C18H18N2O4S/c1-12(17-11-14-5-3-4-6-16(14)24-17)19-18(21)13-7-9-15(10-8-13)20-25(2,22)23/h3-12,20H,1-2H3,(H,19,21)/t12-/m0/s1. The zero-order valence-electron chi connectivity index (χ0n) is 13.8. The molecular weight excluding hydrogens is 340 g/mol. The minimum Gasteiger partial charge on any atom is -0.459 e. The summed E-state index contributed by atoms with van der Waals surface area (Å²) >= 11 is 0. The molecule has 3 aromatic rings. The van der Waals surface area contributed by atoms with E-state index in [1.807, 2.05) is 37.3 Å². The topological polar surface area (TPSA) is 88.4 Å². The minimum absolute atomic E-state index is 0.265. The highest BCUT2D eigenvalue weighted by Crippen LogP contribution is 2.23. The van der Waals surface area contributed by atoms with E-state index < -0.39 is 10.0 Å². The molecule has 0 radical (unpaired) electrons. The first-order chi connectivity index (χ1) is 11.8. The average Bonchev–Trinajstić information content (AvgIpc) is 2.98. The fraction of sp³-hybridized carbons (Fsp3) is 0.167. The number of carbonyl (C=O) groups is 1. The van der Waals surface area contributed by atoms with E-state index in [-0.39, 0.29) is 11.9 Å². The quantitative estimate of drug-likeness (QED) is 0.732. The van der Waals surface area contributed by atoms with Crippen molar-refractivity contribution >= 4 is 32.6 Å². The van der Waals surface area contributed by atoms with Gasteiger partial charge in [0.15, 0.2) is 0 Å². The maximum atomic E-state index is 12.3. The molecule has 130 valence electrons. The number of carbonyl (C=O) groups excluding carboxylic acids is 1. The van der Waals surface area contributed by atoms with Crippen LogP contribution in [0.5, 0.6) is 0 Å². The second kappa shape index (κ2) is 6.60. The Kier molecular flexibility index (Phi) is 4.50. The monoisotopic (exact) mass is 358 g/mol. The van der Waals surface area contributed by atoms with E-state index in [2.05, 4.69) is 10.0 Å². The van der Waals surface area contributed by atoms with Gasteiger partial charge in [-0.2, -0.15) is 0 Å². The number of sulfonamides is 1. The molecule has 6 nitrogen and oxygen atoms in total. The van der Waals surface area contributed by atoms with Crippen molar-refractivity contribution in [3.05, 3.63) is 65.9 Å². The van der Waals surface area contributed by atoms with Crippen molar-refractivity contribution in [2.24, 2.45) is 0 Å². The van der Waals surface area contributed by atoms with Gasteiger partial charge < -0.3 is 9.73 Å². The molecule has 7 heteroatoms. The van der Waals surface area contributed by atoms with Crippen molar-refractivity contribution in [3.8, 4) is 0 Å². The van der Waals surface area contributed by atoms with E-state index in [0.29, 0.717) is 17.0 Å². The normalized spacial score (nSPS) is 12.7. The molecule has 1 heterocycles. The first-order valence-electron chi connectivity index (χ1n) is 7.69. The van der Waals surface area contributed by atoms with E-state index in [4.69, 9.17) is 4.42 Å². The summed E-state index contributed by atoms with van der Waals surface area (Å²) in [4.78, 5) is 12.3. The van der Waals surface area contributed by atoms with Crippen LogP contribution in [0.15, 0.2) is 59.0 Å². The molecule has 2 aromatic carbocycles. The summed E-state index contributed by atoms with van der Waals surface area (Å²) in [5, 5.41) is 3.85. The third-order valence-corrected chi connectivity index (χ3v) is 4.28. The molecule has 0 saturated heterocycles. The van der Waals surface area contributed by atoms with Gasteiger partial charge >= 0.3 is 0 Å². The van der Waals surface area contributed by atoms with Gasteiger partial charge in [0, 0.05) is 16.6 Å². The Morgan fingerprint density at radius 3 is 2.40 bits per heavy atom. The van der Waals surface area contributed by atoms with Gasteiger partial charge in [-0.05, 0) is 43.3 Å². The van der Waals surface area contributed by atoms with Gasteiger partial charge in [-0.15, -0.1) is 0 Å². The SMILES string of the molecule is C[C@H](NC(=O)c1ccc(NS(C)(=O)=O)cc1)c1cc2ccccc2o1. The molecule has 0 aliphatic heterocycles. The Hall–Kier alpha value is -2.80. The first kappa shape index (κ1) is 17.0. The molecule has 0 aliphatic rings. The summed E-state index contributed by atoms with van der Waals surface area (Å²) in [6.07, 6.45) is 1.07. The fourth-order valence-electron chi connectivity index (χ4n) is 2.47. The number of nitrogens with one attached hydrogen (secondary N) is 2. The number of fused-ring (bicyclic) bond motifs is 1. The highest BCUT2D eigenvalue weighted by atomic mass is 32.2. The Morgan fingerprint density at radius 2 is 1.76 bits per heavy atom. The Morgan fingerprint density at radius 1 is 1.08 bits per heavy atom. The van der Waals surface area contributed by atoms with Crippen molar-refractivity contribution in [1.29, 1.82) is 0 Å². The first-order valence-corrected chi connectivity index (χ1v) is 9.58. The highest BCUT2D eigenvalue weighted by molar-refractivity contribution is 7.92. The van der Waals surface area contributed by atoms with Crippen LogP contribution in [0.2, 0.25) is 0 Å². The third kappa shape index (κ3) is 4.19. The predicted octanol–water partition coefficient (Wildman–Crippen LogP) is 3.30. The van der Waals surface area contributed by atoms with E-state index in [9.17, 15) is 13.2 Å². The number of amides is 1. The molecule has 1 aromatic heterocycles. The summed E-state index contributed by atoms with van der Waals surface area (Å²) in [7, 11) is -3.34. The van der Waals surface area contributed by atoms with Crippen LogP contribution in [0.1, 0.15) is 29.1 Å². The molecule has 0 bridgehead atoms. The third-order valence-electron chi connectivity index (χ3n) is 3.67. The van der Waals surface area contributed by atoms with E-state index >= 15 is 0 Å². The summed E-state index contributed by atoms with van der Waals surface area (Å²) in [6, 6.07) is 15.5. The minimum atomic E-state index is -3.34.